The van der Waals surface area contributed by atoms with Gasteiger partial charge in [0.05, 0.1) is 5.56 Å². The number of furan rings is 1. The van der Waals surface area contributed by atoms with E-state index in [1.807, 2.05) is 0 Å². The molecule has 21 heavy (non-hydrogen) atoms. The van der Waals surface area contributed by atoms with Crippen molar-refractivity contribution in [2.24, 2.45) is 0 Å². The van der Waals surface area contributed by atoms with Gasteiger partial charge in [0.2, 0.25) is 5.76 Å². The second-order valence-electron chi connectivity index (χ2n) is 3.85. The number of rotatable bonds is 5. The lowest BCUT2D eigenvalue weighted by molar-refractivity contribution is -0.0493. The number of carbonyl (C=O) groups is 2. The molecule has 0 aliphatic heterocycles. The molecule has 0 bridgehead atoms. The summed E-state index contributed by atoms with van der Waals surface area (Å²) >= 11 is 3.03. The molecule has 2 N–H and O–H groups in total. The quantitative estimate of drug-likeness (QED) is 0.789. The third kappa shape index (κ3) is 2.68. The van der Waals surface area contributed by atoms with Crippen LogP contribution < -0.4 is 4.74 Å². The maximum Gasteiger partial charge on any atom is 0.387 e. The summed E-state index contributed by atoms with van der Waals surface area (Å²) in [6.45, 7) is -3.16. The van der Waals surface area contributed by atoms with Crippen molar-refractivity contribution in [2.75, 3.05) is 0 Å². The lowest BCUT2D eigenvalue weighted by atomic mass is 10.1. The second-order valence-corrected chi connectivity index (χ2v) is 4.41. The molecule has 1 heterocycles. The van der Waals surface area contributed by atoms with Crippen molar-refractivity contribution < 1.29 is 37.7 Å². The zero-order valence-corrected chi connectivity index (χ0v) is 11.7. The maximum atomic E-state index is 12.3. The largest absolute Gasteiger partial charge is 0.478 e. The minimum Gasteiger partial charge on any atom is -0.478 e. The highest BCUT2D eigenvalue weighted by molar-refractivity contribution is 9.08. The fourth-order valence-electron chi connectivity index (χ4n) is 1.91. The van der Waals surface area contributed by atoms with Gasteiger partial charge in [-0.2, -0.15) is 8.78 Å². The predicted molar refractivity (Wildman–Crippen MR) is 69.4 cm³/mol. The van der Waals surface area contributed by atoms with Crippen LogP contribution in [0.15, 0.2) is 16.5 Å². The van der Waals surface area contributed by atoms with E-state index in [-0.39, 0.29) is 27.4 Å². The van der Waals surface area contributed by atoms with Crippen molar-refractivity contribution in [2.45, 2.75) is 11.9 Å². The molecular formula is C12H7BrF2O6. The van der Waals surface area contributed by atoms with E-state index >= 15 is 0 Å². The van der Waals surface area contributed by atoms with Crippen molar-refractivity contribution in [3.63, 3.8) is 0 Å². The van der Waals surface area contributed by atoms with Crippen LogP contribution in [-0.4, -0.2) is 28.8 Å². The number of fused-ring (bicyclic) bond motifs is 1. The molecule has 0 saturated heterocycles. The van der Waals surface area contributed by atoms with Crippen molar-refractivity contribution >= 4 is 38.8 Å². The standard InChI is InChI=1S/C12H7BrF2O6/c13-3-5-7-4(10(16)17)1-2-6(20-12(14)15)9(7)21-8(5)11(18)19/h1-2,12H,3H2,(H,16,17)(H,18,19). The predicted octanol–water partition coefficient (Wildman–Crippen LogP) is 3.33. The zero-order valence-electron chi connectivity index (χ0n) is 10.1. The van der Waals surface area contributed by atoms with Crippen LogP contribution in [0.5, 0.6) is 5.75 Å². The number of ether oxygens (including phenoxy) is 1. The van der Waals surface area contributed by atoms with Gasteiger partial charge in [-0.3, -0.25) is 0 Å². The van der Waals surface area contributed by atoms with E-state index in [1.165, 1.54) is 0 Å². The highest BCUT2D eigenvalue weighted by atomic mass is 79.9. The molecule has 112 valence electrons. The minimum absolute atomic E-state index is 0.0277. The molecule has 9 heteroatoms. The molecule has 6 nitrogen and oxygen atoms in total. The summed E-state index contributed by atoms with van der Waals surface area (Å²) in [6.07, 6.45) is 0. The van der Waals surface area contributed by atoms with Crippen molar-refractivity contribution in [3.8, 4) is 5.75 Å². The summed E-state index contributed by atoms with van der Waals surface area (Å²) in [7, 11) is 0. The van der Waals surface area contributed by atoms with Crippen LogP contribution in [0.1, 0.15) is 26.5 Å². The number of benzene rings is 1. The Hall–Kier alpha value is -2.16. The number of aromatic carboxylic acids is 2. The van der Waals surface area contributed by atoms with Gasteiger partial charge in [-0.05, 0) is 12.1 Å². The molecule has 0 aliphatic carbocycles. The van der Waals surface area contributed by atoms with Crippen molar-refractivity contribution in [3.05, 3.63) is 29.0 Å². The Morgan fingerprint density at radius 1 is 1.29 bits per heavy atom. The van der Waals surface area contributed by atoms with Gasteiger partial charge in [-0.15, -0.1) is 0 Å². The SMILES string of the molecule is O=C(O)c1oc2c(OC(F)F)ccc(C(=O)O)c2c1CBr. The van der Waals surface area contributed by atoms with Gasteiger partial charge in [0.15, 0.2) is 11.3 Å². The smallest absolute Gasteiger partial charge is 0.387 e. The molecule has 0 unspecified atom stereocenters. The highest BCUT2D eigenvalue weighted by Gasteiger charge is 2.26. The van der Waals surface area contributed by atoms with Gasteiger partial charge >= 0.3 is 18.6 Å². The minimum atomic E-state index is -3.16. The Balaban J connectivity index is 2.85. The first-order chi connectivity index (χ1) is 9.86. The van der Waals surface area contributed by atoms with Crippen LogP contribution in [0.25, 0.3) is 11.0 Å². The molecule has 0 radical (unpaired) electrons. The first-order valence-corrected chi connectivity index (χ1v) is 6.54. The number of carboxylic acid groups (broad SMARTS) is 2. The van der Waals surface area contributed by atoms with E-state index in [4.69, 9.17) is 14.6 Å². The van der Waals surface area contributed by atoms with E-state index in [9.17, 15) is 18.4 Å². The van der Waals surface area contributed by atoms with Crippen LogP contribution in [0.3, 0.4) is 0 Å². The Morgan fingerprint density at radius 2 is 1.95 bits per heavy atom. The average Bonchev–Trinajstić information content (AvgIpc) is 2.77. The molecular weight excluding hydrogens is 358 g/mol. The van der Waals surface area contributed by atoms with E-state index in [0.29, 0.717) is 0 Å². The number of hydrogen-bond acceptors (Lipinski definition) is 4. The molecule has 2 aromatic rings. The number of carboxylic acids is 2. The van der Waals surface area contributed by atoms with E-state index < -0.39 is 30.1 Å². The summed E-state index contributed by atoms with van der Waals surface area (Å²) in [5, 5.41) is 18.1. The summed E-state index contributed by atoms with van der Waals surface area (Å²) in [4.78, 5) is 22.3. The molecule has 1 aromatic heterocycles. The summed E-state index contributed by atoms with van der Waals surface area (Å²) < 4.78 is 33.9. The molecule has 0 amide bonds. The zero-order chi connectivity index (χ0) is 15.7. The maximum absolute atomic E-state index is 12.3. The van der Waals surface area contributed by atoms with Gasteiger partial charge in [0.25, 0.3) is 0 Å². The van der Waals surface area contributed by atoms with E-state index in [2.05, 4.69) is 20.7 Å². The van der Waals surface area contributed by atoms with E-state index in [0.717, 1.165) is 12.1 Å². The van der Waals surface area contributed by atoms with Gasteiger partial charge < -0.3 is 19.4 Å². The van der Waals surface area contributed by atoms with Crippen LogP contribution >= 0.6 is 15.9 Å². The monoisotopic (exact) mass is 364 g/mol. The second kappa shape index (κ2) is 5.68. The van der Waals surface area contributed by atoms with Crippen molar-refractivity contribution in [1.82, 2.24) is 0 Å². The first kappa shape index (κ1) is 15.2. The lowest BCUT2D eigenvalue weighted by Crippen LogP contribution is -2.04. The topological polar surface area (TPSA) is 97.0 Å². The molecule has 0 atom stereocenters. The Morgan fingerprint density at radius 3 is 2.43 bits per heavy atom. The molecule has 0 aliphatic rings. The molecule has 1 aromatic carbocycles. The van der Waals surface area contributed by atoms with Gasteiger partial charge in [0, 0.05) is 16.3 Å². The Bertz CT molecular complexity index is 724. The third-order valence-electron chi connectivity index (χ3n) is 2.68. The third-order valence-corrected chi connectivity index (χ3v) is 3.24. The molecule has 0 spiro atoms. The fraction of sp³-hybridized carbons (Fsp3) is 0.167. The van der Waals surface area contributed by atoms with Crippen molar-refractivity contribution in [1.29, 1.82) is 0 Å². The van der Waals surface area contributed by atoms with Gasteiger partial charge in [-0.25, -0.2) is 9.59 Å². The molecule has 0 fully saturated rings. The van der Waals surface area contributed by atoms with Gasteiger partial charge in [-0.1, -0.05) is 15.9 Å². The number of hydrogen-bond donors (Lipinski definition) is 2. The van der Waals surface area contributed by atoms with E-state index in [1.54, 1.807) is 0 Å². The number of alkyl halides is 3. The summed E-state index contributed by atoms with van der Waals surface area (Å²) in [6, 6.07) is 2.04. The summed E-state index contributed by atoms with van der Waals surface area (Å²) in [5.74, 6) is -3.75. The first-order valence-electron chi connectivity index (χ1n) is 5.42. The lowest BCUT2D eigenvalue weighted by Gasteiger charge is -2.06. The van der Waals surface area contributed by atoms with Crippen LogP contribution in [-0.2, 0) is 5.33 Å². The summed E-state index contributed by atoms with van der Waals surface area (Å²) in [5.41, 5.74) is -0.575. The fourth-order valence-corrected chi connectivity index (χ4v) is 2.44. The Labute approximate surface area is 124 Å². The Kier molecular flexibility index (Phi) is 4.12. The highest BCUT2D eigenvalue weighted by Crippen LogP contribution is 2.37. The van der Waals surface area contributed by atoms with Gasteiger partial charge in [0.1, 0.15) is 0 Å². The average molecular weight is 365 g/mol. The molecule has 0 saturated carbocycles. The van der Waals surface area contributed by atoms with Crippen LogP contribution in [0, 0.1) is 0 Å². The van der Waals surface area contributed by atoms with Crippen LogP contribution in [0.2, 0.25) is 0 Å². The van der Waals surface area contributed by atoms with Crippen LogP contribution in [0.4, 0.5) is 8.78 Å². The normalized spacial score (nSPS) is 11.0. The number of halogens is 3. The molecule has 2 rings (SSSR count).